The zero-order chi connectivity index (χ0) is 5.82. The maximum absolute atomic E-state index is 3.40. The van der Waals surface area contributed by atoms with Crippen LogP contribution in [0.2, 0.25) is 0 Å². The Hall–Kier alpha value is -0.0800. The topological polar surface area (TPSA) is 24.1 Å². The average molecular weight is 116 g/mol. The van der Waals surface area contributed by atoms with Crippen molar-refractivity contribution in [2.24, 2.45) is 0 Å². The van der Waals surface area contributed by atoms with Crippen LogP contribution in [0.4, 0.5) is 0 Å². The zero-order valence-electron chi connectivity index (χ0n) is 5.41. The van der Waals surface area contributed by atoms with Crippen LogP contribution in [0.3, 0.4) is 0 Å². The molecule has 0 aromatic heterocycles. The molecule has 0 amide bonds. The van der Waals surface area contributed by atoms with Gasteiger partial charge in [-0.15, -0.1) is 0 Å². The van der Waals surface area contributed by atoms with E-state index < -0.39 is 0 Å². The van der Waals surface area contributed by atoms with E-state index in [1.165, 1.54) is 19.4 Å². The SMILES string of the molecule is CNCC1CCCN1.[HH]. The van der Waals surface area contributed by atoms with Gasteiger partial charge in [0, 0.05) is 14.0 Å². The lowest BCUT2D eigenvalue weighted by Gasteiger charge is -2.06. The van der Waals surface area contributed by atoms with Crippen LogP contribution in [-0.4, -0.2) is 26.2 Å². The molecule has 2 N–H and O–H groups in total. The van der Waals surface area contributed by atoms with Crippen LogP contribution in [0.5, 0.6) is 0 Å². The monoisotopic (exact) mass is 116 g/mol. The summed E-state index contributed by atoms with van der Waals surface area (Å²) in [4.78, 5) is 0. The first-order valence-electron chi connectivity index (χ1n) is 3.31. The highest BCUT2D eigenvalue weighted by atomic mass is 15.0. The highest BCUT2D eigenvalue weighted by Crippen LogP contribution is 2.02. The minimum absolute atomic E-state index is 0. The summed E-state index contributed by atoms with van der Waals surface area (Å²) in [5.74, 6) is 0. The fourth-order valence-corrected chi connectivity index (χ4v) is 1.18. The predicted molar refractivity (Wildman–Crippen MR) is 37.1 cm³/mol. The molecule has 0 aliphatic carbocycles. The minimum atomic E-state index is 0. The molecule has 8 heavy (non-hydrogen) atoms. The van der Waals surface area contributed by atoms with Crippen molar-refractivity contribution in [1.82, 2.24) is 10.6 Å². The van der Waals surface area contributed by atoms with Gasteiger partial charge in [0.1, 0.15) is 0 Å². The van der Waals surface area contributed by atoms with Crippen LogP contribution < -0.4 is 10.6 Å². The second kappa shape index (κ2) is 3.05. The Kier molecular flexibility index (Phi) is 2.30. The molecule has 50 valence electrons. The zero-order valence-corrected chi connectivity index (χ0v) is 5.41. The summed E-state index contributed by atoms with van der Waals surface area (Å²) in [5.41, 5.74) is 0. The predicted octanol–water partition coefficient (Wildman–Crippen LogP) is 0.204. The summed E-state index contributed by atoms with van der Waals surface area (Å²) < 4.78 is 0. The van der Waals surface area contributed by atoms with E-state index >= 15 is 0 Å². The molecule has 1 atom stereocenters. The van der Waals surface area contributed by atoms with Crippen molar-refractivity contribution >= 4 is 0 Å². The average Bonchev–Trinajstić information content (AvgIpc) is 2.19. The smallest absolute Gasteiger partial charge is 0.0192 e. The van der Waals surface area contributed by atoms with Gasteiger partial charge in [-0.25, -0.2) is 0 Å². The molecule has 1 heterocycles. The van der Waals surface area contributed by atoms with E-state index in [1.54, 1.807) is 0 Å². The summed E-state index contributed by atoms with van der Waals surface area (Å²) in [6.07, 6.45) is 2.70. The maximum atomic E-state index is 3.40. The fourth-order valence-electron chi connectivity index (χ4n) is 1.18. The van der Waals surface area contributed by atoms with Gasteiger partial charge in [-0.2, -0.15) is 0 Å². The van der Waals surface area contributed by atoms with Crippen LogP contribution in [0.1, 0.15) is 14.3 Å². The van der Waals surface area contributed by atoms with E-state index in [2.05, 4.69) is 10.6 Å². The quantitative estimate of drug-likeness (QED) is 0.538. The molecule has 1 aliphatic rings. The van der Waals surface area contributed by atoms with Crippen molar-refractivity contribution in [3.05, 3.63) is 0 Å². The number of likely N-dealkylation sites (N-methyl/N-ethyl adjacent to an activating group) is 1. The van der Waals surface area contributed by atoms with E-state index in [-0.39, 0.29) is 1.43 Å². The van der Waals surface area contributed by atoms with Crippen molar-refractivity contribution in [3.8, 4) is 0 Å². The first kappa shape index (κ1) is 6.05. The van der Waals surface area contributed by atoms with Gasteiger partial charge in [-0.1, -0.05) is 0 Å². The first-order chi connectivity index (χ1) is 3.93. The number of hydrogen-bond acceptors (Lipinski definition) is 2. The molecule has 2 nitrogen and oxygen atoms in total. The Labute approximate surface area is 52.1 Å². The molecular formula is C6H16N2. The summed E-state index contributed by atoms with van der Waals surface area (Å²) in [6.45, 7) is 2.34. The summed E-state index contributed by atoms with van der Waals surface area (Å²) >= 11 is 0. The van der Waals surface area contributed by atoms with Crippen LogP contribution in [0, 0.1) is 0 Å². The molecule has 1 fully saturated rings. The van der Waals surface area contributed by atoms with E-state index in [4.69, 9.17) is 0 Å². The van der Waals surface area contributed by atoms with Crippen LogP contribution in [0.15, 0.2) is 0 Å². The van der Waals surface area contributed by atoms with Crippen molar-refractivity contribution in [1.29, 1.82) is 0 Å². The third-order valence-electron chi connectivity index (χ3n) is 1.61. The summed E-state index contributed by atoms with van der Waals surface area (Å²) in [5, 5.41) is 6.54. The van der Waals surface area contributed by atoms with Crippen LogP contribution in [0.25, 0.3) is 0 Å². The third kappa shape index (κ3) is 1.46. The Morgan fingerprint density at radius 3 is 3.25 bits per heavy atom. The summed E-state index contributed by atoms with van der Waals surface area (Å²) in [6, 6.07) is 0.750. The largest absolute Gasteiger partial charge is 0.318 e. The first-order valence-corrected chi connectivity index (χ1v) is 3.31. The lowest BCUT2D eigenvalue weighted by Crippen LogP contribution is -2.31. The maximum Gasteiger partial charge on any atom is 0.0192 e. The van der Waals surface area contributed by atoms with Gasteiger partial charge in [-0.3, -0.25) is 0 Å². The highest BCUT2D eigenvalue weighted by Gasteiger charge is 2.11. The van der Waals surface area contributed by atoms with Crippen molar-refractivity contribution in [2.45, 2.75) is 18.9 Å². The van der Waals surface area contributed by atoms with E-state index in [1.807, 2.05) is 7.05 Å². The Morgan fingerprint density at radius 1 is 1.88 bits per heavy atom. The molecule has 1 unspecified atom stereocenters. The second-order valence-electron chi connectivity index (χ2n) is 2.35. The lowest BCUT2D eigenvalue weighted by molar-refractivity contribution is 0.568. The molecule has 0 saturated carbocycles. The standard InChI is InChI=1S/C6H14N2.H2/c1-7-5-6-3-2-4-8-6;/h6-8H,2-5H2,1H3;1H. The van der Waals surface area contributed by atoms with E-state index in [0.29, 0.717) is 0 Å². The third-order valence-corrected chi connectivity index (χ3v) is 1.61. The molecule has 2 heteroatoms. The van der Waals surface area contributed by atoms with Gasteiger partial charge in [0.2, 0.25) is 0 Å². The number of hydrogen-bond donors (Lipinski definition) is 2. The fraction of sp³-hybridized carbons (Fsp3) is 1.00. The Bertz CT molecular complexity index is 62.1. The van der Waals surface area contributed by atoms with Gasteiger partial charge in [0.15, 0.2) is 0 Å². The molecule has 1 aliphatic heterocycles. The second-order valence-corrected chi connectivity index (χ2v) is 2.35. The van der Waals surface area contributed by atoms with Gasteiger partial charge in [0.05, 0.1) is 0 Å². The molecule has 0 bridgehead atoms. The molecule has 1 rings (SSSR count). The minimum Gasteiger partial charge on any atom is -0.318 e. The molecule has 0 aromatic carbocycles. The van der Waals surface area contributed by atoms with Crippen molar-refractivity contribution in [3.63, 3.8) is 0 Å². The summed E-state index contributed by atoms with van der Waals surface area (Å²) in [7, 11) is 2.00. The van der Waals surface area contributed by atoms with Gasteiger partial charge in [-0.05, 0) is 26.4 Å². The molecule has 0 aromatic rings. The lowest BCUT2D eigenvalue weighted by atomic mass is 10.2. The molecule has 0 spiro atoms. The number of rotatable bonds is 2. The van der Waals surface area contributed by atoms with Crippen molar-refractivity contribution < 1.29 is 1.43 Å². The van der Waals surface area contributed by atoms with Gasteiger partial charge >= 0.3 is 0 Å². The number of nitrogens with one attached hydrogen (secondary N) is 2. The van der Waals surface area contributed by atoms with Gasteiger partial charge < -0.3 is 10.6 Å². The van der Waals surface area contributed by atoms with Crippen LogP contribution in [-0.2, 0) is 0 Å². The normalized spacial score (nSPS) is 28.9. The van der Waals surface area contributed by atoms with Crippen molar-refractivity contribution in [2.75, 3.05) is 20.1 Å². The molecule has 1 saturated heterocycles. The van der Waals surface area contributed by atoms with E-state index in [9.17, 15) is 0 Å². The van der Waals surface area contributed by atoms with E-state index in [0.717, 1.165) is 12.6 Å². The Morgan fingerprint density at radius 2 is 2.75 bits per heavy atom. The van der Waals surface area contributed by atoms with Gasteiger partial charge in [0.25, 0.3) is 0 Å². The molecular weight excluding hydrogens is 100 g/mol. The highest BCUT2D eigenvalue weighted by molar-refractivity contribution is 4.74. The molecule has 0 radical (unpaired) electrons. The Balaban J connectivity index is 0.000000640. The van der Waals surface area contributed by atoms with Crippen LogP contribution >= 0.6 is 0 Å².